The summed E-state index contributed by atoms with van der Waals surface area (Å²) in [5.41, 5.74) is 4.12. The molecule has 40 heavy (non-hydrogen) atoms. The predicted molar refractivity (Wildman–Crippen MR) is 161 cm³/mol. The molecule has 7 nitrogen and oxygen atoms in total. The Hall–Kier alpha value is -3.36. The maximum atomic E-state index is 14.0. The molecule has 0 bridgehead atoms. The fraction of sp³-hybridized carbons (Fsp3) is 0.355. The molecule has 0 fully saturated rings. The lowest BCUT2D eigenvalue weighted by Crippen LogP contribution is -2.51. The van der Waals surface area contributed by atoms with Crippen LogP contribution in [-0.2, 0) is 26.2 Å². The van der Waals surface area contributed by atoms with E-state index in [-0.39, 0.29) is 17.3 Å². The number of amides is 2. The van der Waals surface area contributed by atoms with Crippen LogP contribution in [0.5, 0.6) is 0 Å². The van der Waals surface area contributed by atoms with Gasteiger partial charge in [-0.15, -0.1) is 0 Å². The van der Waals surface area contributed by atoms with Crippen molar-refractivity contribution in [3.8, 4) is 0 Å². The topological polar surface area (TPSA) is 86.8 Å². The first-order valence-corrected chi connectivity index (χ1v) is 15.2. The molecule has 0 aliphatic rings. The number of aryl methyl sites for hydroxylation is 3. The Labute approximate surface area is 243 Å². The van der Waals surface area contributed by atoms with Gasteiger partial charge in [-0.05, 0) is 87.2 Å². The molecule has 214 valence electrons. The van der Waals surface area contributed by atoms with Gasteiger partial charge >= 0.3 is 0 Å². The summed E-state index contributed by atoms with van der Waals surface area (Å²) in [5.74, 6) is -0.775. The third kappa shape index (κ3) is 7.86. The summed E-state index contributed by atoms with van der Waals surface area (Å²) in [7, 11) is -4.15. The number of anilines is 1. The van der Waals surface area contributed by atoms with Crippen LogP contribution in [0.25, 0.3) is 0 Å². The first-order valence-electron chi connectivity index (χ1n) is 13.4. The van der Waals surface area contributed by atoms with Gasteiger partial charge in [0.25, 0.3) is 10.0 Å². The van der Waals surface area contributed by atoms with Crippen LogP contribution >= 0.6 is 11.6 Å². The molecular formula is C31H38ClN3O4S. The van der Waals surface area contributed by atoms with Gasteiger partial charge in [-0.1, -0.05) is 60.8 Å². The molecule has 2 amide bonds. The standard InChI is InChI=1S/C31H38ClN3O4S/c1-6-7-17-33-31(37)25(5)34(20-26-10-8-9-22(2)18-26)30(36)21-35(28-14-11-23(3)24(4)19-28)40(38,39)29-15-12-27(32)13-16-29/h8-16,18-19,25H,6-7,17,20-21H2,1-5H3,(H,33,37)/t25-/m1/s1. The summed E-state index contributed by atoms with van der Waals surface area (Å²) >= 11 is 6.01. The van der Waals surface area contributed by atoms with Crippen LogP contribution in [0.4, 0.5) is 5.69 Å². The van der Waals surface area contributed by atoms with E-state index >= 15 is 0 Å². The van der Waals surface area contributed by atoms with E-state index in [9.17, 15) is 18.0 Å². The first-order chi connectivity index (χ1) is 18.9. The Bertz CT molecular complexity index is 1440. The summed E-state index contributed by atoms with van der Waals surface area (Å²) < 4.78 is 28.9. The van der Waals surface area contributed by atoms with Crippen molar-refractivity contribution >= 4 is 39.1 Å². The molecule has 3 rings (SSSR count). The molecular weight excluding hydrogens is 546 g/mol. The molecule has 0 radical (unpaired) electrons. The van der Waals surface area contributed by atoms with E-state index in [4.69, 9.17) is 11.6 Å². The number of carbonyl (C=O) groups excluding carboxylic acids is 2. The summed E-state index contributed by atoms with van der Waals surface area (Å²) in [5, 5.41) is 3.30. The van der Waals surface area contributed by atoms with Crippen molar-refractivity contribution in [1.82, 2.24) is 10.2 Å². The predicted octanol–water partition coefficient (Wildman–Crippen LogP) is 5.79. The minimum Gasteiger partial charge on any atom is -0.354 e. The van der Waals surface area contributed by atoms with Gasteiger partial charge < -0.3 is 10.2 Å². The largest absolute Gasteiger partial charge is 0.354 e. The number of rotatable bonds is 12. The van der Waals surface area contributed by atoms with E-state index < -0.39 is 28.5 Å². The number of benzene rings is 3. The zero-order valence-electron chi connectivity index (χ0n) is 23.8. The zero-order valence-corrected chi connectivity index (χ0v) is 25.3. The van der Waals surface area contributed by atoms with E-state index in [1.807, 2.05) is 58.0 Å². The summed E-state index contributed by atoms with van der Waals surface area (Å²) in [6.07, 6.45) is 1.75. The SMILES string of the molecule is CCCCNC(=O)[C@@H](C)N(Cc1cccc(C)c1)C(=O)CN(c1ccc(C)c(C)c1)S(=O)(=O)c1ccc(Cl)cc1. The third-order valence-electron chi connectivity index (χ3n) is 6.89. The van der Waals surface area contributed by atoms with Crippen molar-refractivity contribution in [3.63, 3.8) is 0 Å². The maximum absolute atomic E-state index is 14.0. The average Bonchev–Trinajstić information content (AvgIpc) is 2.91. The smallest absolute Gasteiger partial charge is 0.264 e. The molecule has 3 aromatic rings. The quantitative estimate of drug-likeness (QED) is 0.273. The van der Waals surface area contributed by atoms with Crippen molar-refractivity contribution in [2.45, 2.75) is 64.9 Å². The molecule has 1 N–H and O–H groups in total. The van der Waals surface area contributed by atoms with Gasteiger partial charge in [0.1, 0.15) is 12.6 Å². The van der Waals surface area contributed by atoms with Crippen LogP contribution in [0, 0.1) is 20.8 Å². The van der Waals surface area contributed by atoms with Gasteiger partial charge in [0, 0.05) is 18.1 Å². The highest BCUT2D eigenvalue weighted by Crippen LogP contribution is 2.27. The first kappa shape index (κ1) is 31.2. The Morgan fingerprint density at radius 3 is 2.27 bits per heavy atom. The van der Waals surface area contributed by atoms with Gasteiger partial charge in [0.05, 0.1) is 10.6 Å². The van der Waals surface area contributed by atoms with Crippen LogP contribution in [0.15, 0.2) is 71.6 Å². The van der Waals surface area contributed by atoms with Gasteiger partial charge in [-0.25, -0.2) is 8.42 Å². The highest BCUT2D eigenvalue weighted by Gasteiger charge is 2.32. The highest BCUT2D eigenvalue weighted by molar-refractivity contribution is 7.92. The van der Waals surface area contributed by atoms with Gasteiger partial charge in [0.15, 0.2) is 0 Å². The summed E-state index contributed by atoms with van der Waals surface area (Å²) in [6.45, 7) is 9.67. The molecule has 0 heterocycles. The molecule has 3 aromatic carbocycles. The van der Waals surface area contributed by atoms with Crippen LogP contribution in [0.1, 0.15) is 48.9 Å². The number of sulfonamides is 1. The molecule has 0 aromatic heterocycles. The minimum atomic E-state index is -4.15. The Morgan fingerprint density at radius 1 is 0.950 bits per heavy atom. The fourth-order valence-electron chi connectivity index (χ4n) is 4.27. The second-order valence-electron chi connectivity index (χ2n) is 10.1. The zero-order chi connectivity index (χ0) is 29.4. The highest BCUT2D eigenvalue weighted by atomic mass is 35.5. The van der Waals surface area contributed by atoms with Crippen molar-refractivity contribution in [1.29, 1.82) is 0 Å². The van der Waals surface area contributed by atoms with E-state index in [1.165, 1.54) is 29.2 Å². The number of halogens is 1. The van der Waals surface area contributed by atoms with E-state index in [0.717, 1.165) is 39.4 Å². The van der Waals surface area contributed by atoms with Crippen molar-refractivity contribution in [2.24, 2.45) is 0 Å². The number of nitrogens with one attached hydrogen (secondary N) is 1. The normalized spacial score (nSPS) is 12.1. The lowest BCUT2D eigenvalue weighted by atomic mass is 10.1. The molecule has 0 aliphatic carbocycles. The lowest BCUT2D eigenvalue weighted by molar-refractivity contribution is -0.139. The van der Waals surface area contributed by atoms with E-state index in [0.29, 0.717) is 17.3 Å². The Balaban J connectivity index is 2.03. The lowest BCUT2D eigenvalue weighted by Gasteiger charge is -2.32. The average molecular weight is 584 g/mol. The maximum Gasteiger partial charge on any atom is 0.264 e. The molecule has 0 spiro atoms. The van der Waals surface area contributed by atoms with Crippen LogP contribution in [0.2, 0.25) is 5.02 Å². The summed E-state index contributed by atoms with van der Waals surface area (Å²) in [4.78, 5) is 28.5. The third-order valence-corrected chi connectivity index (χ3v) is 8.93. The Kier molecular flexibility index (Phi) is 10.8. The van der Waals surface area contributed by atoms with Crippen LogP contribution < -0.4 is 9.62 Å². The molecule has 0 unspecified atom stereocenters. The number of unbranched alkanes of at least 4 members (excludes halogenated alkanes) is 1. The molecule has 0 saturated heterocycles. The second-order valence-corrected chi connectivity index (χ2v) is 12.4. The minimum absolute atomic E-state index is 0.0125. The Morgan fingerprint density at radius 2 is 1.65 bits per heavy atom. The van der Waals surface area contributed by atoms with Gasteiger partial charge in [0.2, 0.25) is 11.8 Å². The van der Waals surface area contributed by atoms with Crippen LogP contribution in [0.3, 0.4) is 0 Å². The second kappa shape index (κ2) is 13.8. The van der Waals surface area contributed by atoms with Crippen molar-refractivity contribution in [3.05, 3.63) is 94.0 Å². The monoisotopic (exact) mass is 583 g/mol. The molecule has 0 aliphatic heterocycles. The van der Waals surface area contributed by atoms with Crippen molar-refractivity contribution < 1.29 is 18.0 Å². The van der Waals surface area contributed by atoms with Gasteiger partial charge in [-0.2, -0.15) is 0 Å². The fourth-order valence-corrected chi connectivity index (χ4v) is 5.80. The van der Waals surface area contributed by atoms with Crippen molar-refractivity contribution in [2.75, 3.05) is 17.4 Å². The van der Waals surface area contributed by atoms with Crippen LogP contribution in [-0.4, -0.2) is 44.3 Å². The molecule has 1 atom stereocenters. The number of hydrogen-bond acceptors (Lipinski definition) is 4. The van der Waals surface area contributed by atoms with Gasteiger partial charge in [-0.3, -0.25) is 13.9 Å². The molecule has 0 saturated carbocycles. The summed E-state index contributed by atoms with van der Waals surface area (Å²) in [6, 6.07) is 18.0. The molecule has 9 heteroatoms. The van der Waals surface area contributed by atoms with E-state index in [1.54, 1.807) is 19.1 Å². The number of hydrogen-bond donors (Lipinski definition) is 1. The van der Waals surface area contributed by atoms with E-state index in [2.05, 4.69) is 5.32 Å². The number of nitrogens with zero attached hydrogens (tertiary/aromatic N) is 2. The number of carbonyl (C=O) groups is 2.